The first-order valence-corrected chi connectivity index (χ1v) is 10.3. The Morgan fingerprint density at radius 1 is 1.04 bits per heavy atom. The Labute approximate surface area is 165 Å². The fraction of sp³-hybridized carbons (Fsp3) is 0.364. The first-order valence-electron chi connectivity index (χ1n) is 9.46. The Balaban J connectivity index is 1.58. The molecule has 2 aromatic carbocycles. The van der Waals surface area contributed by atoms with Crippen molar-refractivity contribution in [3.8, 4) is 0 Å². The van der Waals surface area contributed by atoms with Gasteiger partial charge in [-0.15, -0.1) is 11.8 Å². The monoisotopic (exact) mass is 382 g/mol. The summed E-state index contributed by atoms with van der Waals surface area (Å²) in [6.07, 6.45) is 2.16. The van der Waals surface area contributed by atoms with Gasteiger partial charge < -0.3 is 10.2 Å². The standard InChI is InChI=1S/C22H26N2O2S/c1-16(2)27-20-10-8-18(9-11-20)21(25)23-15-17-6-5-7-19(14-17)22(26)24-12-3-4-13-24/h5-11,14,16H,3-4,12-13,15H2,1-2H3,(H,23,25). The van der Waals surface area contributed by atoms with Gasteiger partial charge in [-0.1, -0.05) is 26.0 Å². The molecule has 1 fully saturated rings. The van der Waals surface area contributed by atoms with Gasteiger partial charge in [0.25, 0.3) is 11.8 Å². The maximum atomic E-state index is 12.5. The van der Waals surface area contributed by atoms with E-state index in [1.165, 1.54) is 0 Å². The minimum Gasteiger partial charge on any atom is -0.348 e. The summed E-state index contributed by atoms with van der Waals surface area (Å²) in [5, 5.41) is 3.45. The molecule has 5 heteroatoms. The second-order valence-corrected chi connectivity index (χ2v) is 8.72. The van der Waals surface area contributed by atoms with Gasteiger partial charge in [0, 0.05) is 40.9 Å². The molecule has 1 aliphatic heterocycles. The lowest BCUT2D eigenvalue weighted by molar-refractivity contribution is 0.0792. The van der Waals surface area contributed by atoms with Crippen molar-refractivity contribution in [1.82, 2.24) is 10.2 Å². The SMILES string of the molecule is CC(C)Sc1ccc(C(=O)NCc2cccc(C(=O)N3CCCC3)c2)cc1. The number of amides is 2. The Bertz CT molecular complexity index is 796. The maximum Gasteiger partial charge on any atom is 0.253 e. The quantitative estimate of drug-likeness (QED) is 0.756. The lowest BCUT2D eigenvalue weighted by Gasteiger charge is -2.15. The normalized spacial score (nSPS) is 13.8. The van der Waals surface area contributed by atoms with E-state index in [1.54, 1.807) is 11.8 Å². The highest BCUT2D eigenvalue weighted by Crippen LogP contribution is 2.23. The number of carbonyl (C=O) groups is 2. The van der Waals surface area contributed by atoms with Crippen LogP contribution in [0.5, 0.6) is 0 Å². The van der Waals surface area contributed by atoms with Crippen molar-refractivity contribution in [3.05, 3.63) is 65.2 Å². The van der Waals surface area contributed by atoms with Gasteiger partial charge >= 0.3 is 0 Å². The molecule has 3 rings (SSSR count). The minimum absolute atomic E-state index is 0.0823. The molecular weight excluding hydrogens is 356 g/mol. The average Bonchev–Trinajstić information content (AvgIpc) is 3.20. The molecule has 1 N–H and O–H groups in total. The Hall–Kier alpha value is -2.27. The summed E-state index contributed by atoms with van der Waals surface area (Å²) >= 11 is 1.78. The molecule has 0 saturated carbocycles. The van der Waals surface area contributed by atoms with E-state index < -0.39 is 0 Å². The fourth-order valence-electron chi connectivity index (χ4n) is 3.16. The molecule has 0 unspecified atom stereocenters. The van der Waals surface area contributed by atoms with E-state index in [1.807, 2.05) is 53.4 Å². The predicted octanol–water partition coefficient (Wildman–Crippen LogP) is 4.35. The molecule has 0 aromatic heterocycles. The number of carbonyl (C=O) groups excluding carboxylic acids is 2. The van der Waals surface area contributed by atoms with Gasteiger partial charge in [0.1, 0.15) is 0 Å². The van der Waals surface area contributed by atoms with E-state index in [0.717, 1.165) is 36.4 Å². The lowest BCUT2D eigenvalue weighted by Crippen LogP contribution is -2.28. The van der Waals surface area contributed by atoms with Crippen LogP contribution in [-0.4, -0.2) is 35.1 Å². The number of rotatable bonds is 6. The van der Waals surface area contributed by atoms with Gasteiger partial charge in [0.15, 0.2) is 0 Å². The molecule has 1 saturated heterocycles. The molecule has 0 atom stereocenters. The van der Waals surface area contributed by atoms with Crippen molar-refractivity contribution in [2.24, 2.45) is 0 Å². The zero-order chi connectivity index (χ0) is 19.2. The summed E-state index contributed by atoms with van der Waals surface area (Å²) in [5.74, 6) is -0.0220. The summed E-state index contributed by atoms with van der Waals surface area (Å²) in [6, 6.07) is 15.2. The summed E-state index contributed by atoms with van der Waals surface area (Å²) < 4.78 is 0. The van der Waals surface area contributed by atoms with Crippen molar-refractivity contribution in [1.29, 1.82) is 0 Å². The van der Waals surface area contributed by atoms with Gasteiger partial charge in [-0.3, -0.25) is 9.59 Å². The van der Waals surface area contributed by atoms with E-state index >= 15 is 0 Å². The topological polar surface area (TPSA) is 49.4 Å². The molecule has 0 bridgehead atoms. The highest BCUT2D eigenvalue weighted by Gasteiger charge is 2.19. The Morgan fingerprint density at radius 3 is 2.41 bits per heavy atom. The van der Waals surface area contributed by atoms with Crippen LogP contribution in [0, 0.1) is 0 Å². The van der Waals surface area contributed by atoms with Crippen molar-refractivity contribution in [2.75, 3.05) is 13.1 Å². The number of hydrogen-bond donors (Lipinski definition) is 1. The highest BCUT2D eigenvalue weighted by atomic mass is 32.2. The van der Waals surface area contributed by atoms with Crippen molar-refractivity contribution >= 4 is 23.6 Å². The zero-order valence-corrected chi connectivity index (χ0v) is 16.7. The second kappa shape index (κ2) is 9.09. The summed E-state index contributed by atoms with van der Waals surface area (Å²) in [4.78, 5) is 27.9. The van der Waals surface area contributed by atoms with Gasteiger partial charge in [-0.05, 0) is 54.8 Å². The second-order valence-electron chi connectivity index (χ2n) is 7.07. The third-order valence-electron chi connectivity index (χ3n) is 4.51. The smallest absolute Gasteiger partial charge is 0.253 e. The van der Waals surface area contributed by atoms with Crippen molar-refractivity contribution < 1.29 is 9.59 Å². The Kier molecular flexibility index (Phi) is 6.56. The highest BCUT2D eigenvalue weighted by molar-refractivity contribution is 7.99. The van der Waals surface area contributed by atoms with Gasteiger partial charge in [-0.25, -0.2) is 0 Å². The van der Waals surface area contributed by atoms with Crippen molar-refractivity contribution in [3.63, 3.8) is 0 Å². The lowest BCUT2D eigenvalue weighted by atomic mass is 10.1. The molecule has 27 heavy (non-hydrogen) atoms. The van der Waals surface area contributed by atoms with Crippen LogP contribution in [0.4, 0.5) is 0 Å². The summed E-state index contributed by atoms with van der Waals surface area (Å²) in [6.45, 7) is 6.37. The number of likely N-dealkylation sites (tertiary alicyclic amines) is 1. The summed E-state index contributed by atoms with van der Waals surface area (Å²) in [5.41, 5.74) is 2.27. The molecular formula is C22H26N2O2S. The number of benzene rings is 2. The van der Waals surface area contributed by atoms with Gasteiger partial charge in [0.2, 0.25) is 0 Å². The molecule has 0 spiro atoms. The largest absolute Gasteiger partial charge is 0.348 e. The van der Waals surface area contributed by atoms with Crippen LogP contribution in [0.3, 0.4) is 0 Å². The molecule has 0 radical (unpaired) electrons. The van der Waals surface area contributed by atoms with Crippen LogP contribution < -0.4 is 5.32 Å². The zero-order valence-electron chi connectivity index (χ0n) is 15.9. The van der Waals surface area contributed by atoms with Crippen LogP contribution in [0.1, 0.15) is 53.0 Å². The first kappa shape index (κ1) is 19.5. The summed E-state index contributed by atoms with van der Waals surface area (Å²) in [7, 11) is 0. The first-order chi connectivity index (χ1) is 13.0. The van der Waals surface area contributed by atoms with E-state index in [0.29, 0.717) is 22.9 Å². The van der Waals surface area contributed by atoms with Crippen molar-refractivity contribution in [2.45, 2.75) is 43.4 Å². The molecule has 1 aliphatic rings. The van der Waals surface area contributed by atoms with E-state index in [2.05, 4.69) is 19.2 Å². The van der Waals surface area contributed by atoms with Crippen LogP contribution in [-0.2, 0) is 6.54 Å². The van der Waals surface area contributed by atoms with Gasteiger partial charge in [0.05, 0.1) is 0 Å². The van der Waals surface area contributed by atoms with Crippen LogP contribution >= 0.6 is 11.8 Å². The third-order valence-corrected chi connectivity index (χ3v) is 5.52. The van der Waals surface area contributed by atoms with E-state index in [-0.39, 0.29) is 11.8 Å². The molecule has 1 heterocycles. The van der Waals surface area contributed by atoms with Gasteiger partial charge in [-0.2, -0.15) is 0 Å². The fourth-order valence-corrected chi connectivity index (χ4v) is 4.00. The number of thioether (sulfide) groups is 1. The average molecular weight is 383 g/mol. The Morgan fingerprint density at radius 2 is 1.74 bits per heavy atom. The number of nitrogens with one attached hydrogen (secondary N) is 1. The molecule has 2 amide bonds. The predicted molar refractivity (Wildman–Crippen MR) is 110 cm³/mol. The molecule has 0 aliphatic carbocycles. The third kappa shape index (κ3) is 5.36. The van der Waals surface area contributed by atoms with E-state index in [4.69, 9.17) is 0 Å². The minimum atomic E-state index is -0.104. The molecule has 142 valence electrons. The number of nitrogens with zero attached hydrogens (tertiary/aromatic N) is 1. The van der Waals surface area contributed by atoms with Crippen LogP contribution in [0.25, 0.3) is 0 Å². The molecule has 4 nitrogen and oxygen atoms in total. The molecule has 2 aromatic rings. The van der Waals surface area contributed by atoms with E-state index in [9.17, 15) is 9.59 Å². The number of hydrogen-bond acceptors (Lipinski definition) is 3. The van der Waals surface area contributed by atoms with Crippen LogP contribution in [0.15, 0.2) is 53.4 Å². The van der Waals surface area contributed by atoms with Crippen LogP contribution in [0.2, 0.25) is 0 Å². The maximum absolute atomic E-state index is 12.5.